The molecule has 27 heavy (non-hydrogen) atoms. The van der Waals surface area contributed by atoms with Gasteiger partial charge in [-0.05, 0) is 36.4 Å². The summed E-state index contributed by atoms with van der Waals surface area (Å²) in [6.45, 7) is 2.10. The van der Waals surface area contributed by atoms with Gasteiger partial charge in [-0.1, -0.05) is 15.9 Å². The Hall–Kier alpha value is -2.01. The molecule has 1 aromatic carbocycles. The fourth-order valence-electron chi connectivity index (χ4n) is 2.77. The summed E-state index contributed by atoms with van der Waals surface area (Å²) in [6, 6.07) is 10.1. The molecular formula is C17H20BrN4O4S+. The Morgan fingerprint density at radius 1 is 1.26 bits per heavy atom. The van der Waals surface area contributed by atoms with Crippen LogP contribution in [0.5, 0.6) is 0 Å². The molecule has 0 spiro atoms. The van der Waals surface area contributed by atoms with Gasteiger partial charge in [0, 0.05) is 4.47 Å². The number of hydrazone groups is 1. The quantitative estimate of drug-likeness (QED) is 0.476. The van der Waals surface area contributed by atoms with Crippen molar-refractivity contribution in [1.82, 2.24) is 9.73 Å². The lowest BCUT2D eigenvalue weighted by molar-refractivity contribution is -0.895. The number of piperazine rings is 1. The van der Waals surface area contributed by atoms with Crippen LogP contribution in [0.25, 0.3) is 0 Å². The molecule has 2 heterocycles. The zero-order valence-electron chi connectivity index (χ0n) is 14.5. The lowest BCUT2D eigenvalue weighted by Crippen LogP contribution is -3.15. The minimum Gasteiger partial charge on any atom is -0.463 e. The molecule has 0 saturated carbocycles. The number of benzene rings is 1. The zero-order chi connectivity index (χ0) is 19.3. The number of hydrogen-bond donors (Lipinski definition) is 2. The molecule has 1 aromatic heterocycles. The molecule has 0 aliphatic carbocycles. The molecule has 3 rings (SSSR count). The number of amides is 1. The first-order chi connectivity index (χ1) is 12.9. The molecule has 1 aliphatic heterocycles. The van der Waals surface area contributed by atoms with Crippen molar-refractivity contribution in [2.45, 2.75) is 4.90 Å². The van der Waals surface area contributed by atoms with Crippen molar-refractivity contribution in [3.63, 3.8) is 0 Å². The van der Waals surface area contributed by atoms with E-state index in [2.05, 4.69) is 26.5 Å². The number of furan rings is 1. The molecule has 0 bridgehead atoms. The standard InChI is InChI=1S/C17H19BrN4O4S/c18-14-3-5-16(6-4-14)27(24,25)22-9-7-21(8-10-22)13-17(23)20-19-12-15-2-1-11-26-15/h1-6,11-12H,7-10,13H2,(H,20,23)/p+1/b19-12-. The highest BCUT2D eigenvalue weighted by molar-refractivity contribution is 9.10. The van der Waals surface area contributed by atoms with Crippen LogP contribution in [0.3, 0.4) is 0 Å². The van der Waals surface area contributed by atoms with Gasteiger partial charge in [0.1, 0.15) is 5.76 Å². The second kappa shape index (κ2) is 8.79. The average molecular weight is 456 g/mol. The van der Waals surface area contributed by atoms with E-state index in [0.29, 0.717) is 31.9 Å². The van der Waals surface area contributed by atoms with Crippen LogP contribution in [0.4, 0.5) is 0 Å². The van der Waals surface area contributed by atoms with Crippen molar-refractivity contribution in [2.75, 3.05) is 32.7 Å². The number of nitrogens with zero attached hydrogens (tertiary/aromatic N) is 2. The van der Waals surface area contributed by atoms with E-state index in [9.17, 15) is 13.2 Å². The molecule has 1 aliphatic rings. The van der Waals surface area contributed by atoms with Crippen molar-refractivity contribution < 1.29 is 22.5 Å². The van der Waals surface area contributed by atoms with E-state index >= 15 is 0 Å². The number of rotatable bonds is 6. The second-order valence-electron chi connectivity index (χ2n) is 6.09. The monoisotopic (exact) mass is 455 g/mol. The number of halogens is 1. The Morgan fingerprint density at radius 3 is 2.59 bits per heavy atom. The van der Waals surface area contributed by atoms with Crippen molar-refractivity contribution in [1.29, 1.82) is 0 Å². The third-order valence-electron chi connectivity index (χ3n) is 4.22. The second-order valence-corrected chi connectivity index (χ2v) is 8.95. The molecule has 2 aromatic rings. The maximum Gasteiger partial charge on any atom is 0.295 e. The van der Waals surface area contributed by atoms with Gasteiger partial charge in [-0.3, -0.25) is 4.79 Å². The average Bonchev–Trinajstić information content (AvgIpc) is 3.16. The van der Waals surface area contributed by atoms with Crippen LogP contribution >= 0.6 is 15.9 Å². The summed E-state index contributed by atoms with van der Waals surface area (Å²) in [5, 5.41) is 3.84. The molecule has 1 amide bonds. The fourth-order valence-corrected chi connectivity index (χ4v) is 4.48. The lowest BCUT2D eigenvalue weighted by atomic mass is 10.3. The highest BCUT2D eigenvalue weighted by atomic mass is 79.9. The van der Waals surface area contributed by atoms with Gasteiger partial charge in [-0.2, -0.15) is 9.41 Å². The number of carbonyl (C=O) groups excluding carboxylic acids is 1. The Bertz CT molecular complexity index is 890. The van der Waals surface area contributed by atoms with E-state index in [4.69, 9.17) is 4.42 Å². The van der Waals surface area contributed by atoms with E-state index in [0.717, 1.165) is 9.37 Å². The van der Waals surface area contributed by atoms with Crippen LogP contribution < -0.4 is 10.3 Å². The number of quaternary nitrogens is 1. The van der Waals surface area contributed by atoms with Gasteiger partial charge >= 0.3 is 0 Å². The van der Waals surface area contributed by atoms with E-state index in [-0.39, 0.29) is 17.3 Å². The topological polar surface area (TPSA) is 96.4 Å². The molecule has 1 saturated heterocycles. The van der Waals surface area contributed by atoms with Crippen molar-refractivity contribution in [3.05, 3.63) is 52.9 Å². The van der Waals surface area contributed by atoms with Gasteiger partial charge in [0.25, 0.3) is 5.91 Å². The zero-order valence-corrected chi connectivity index (χ0v) is 16.9. The number of sulfonamides is 1. The van der Waals surface area contributed by atoms with Crippen LogP contribution in [0, 0.1) is 0 Å². The molecule has 1 fully saturated rings. The highest BCUT2D eigenvalue weighted by Crippen LogP contribution is 2.18. The fraction of sp³-hybridized carbons (Fsp3) is 0.294. The van der Waals surface area contributed by atoms with E-state index in [1.807, 2.05) is 0 Å². The van der Waals surface area contributed by atoms with Crippen LogP contribution in [0.1, 0.15) is 5.76 Å². The molecule has 10 heteroatoms. The van der Waals surface area contributed by atoms with Crippen molar-refractivity contribution >= 4 is 38.1 Å². The third kappa shape index (κ3) is 5.25. The molecule has 0 radical (unpaired) electrons. The Labute approximate surface area is 166 Å². The van der Waals surface area contributed by atoms with Crippen LogP contribution in [0.2, 0.25) is 0 Å². The Kier molecular flexibility index (Phi) is 6.42. The maximum absolute atomic E-state index is 12.7. The Morgan fingerprint density at radius 2 is 1.96 bits per heavy atom. The summed E-state index contributed by atoms with van der Waals surface area (Å²) in [4.78, 5) is 13.3. The predicted octanol–water partition coefficient (Wildman–Crippen LogP) is 0.0816. The summed E-state index contributed by atoms with van der Waals surface area (Å²) >= 11 is 3.30. The summed E-state index contributed by atoms with van der Waals surface area (Å²) < 4.78 is 32.7. The van der Waals surface area contributed by atoms with Crippen LogP contribution in [-0.4, -0.2) is 57.6 Å². The first-order valence-electron chi connectivity index (χ1n) is 8.40. The third-order valence-corrected chi connectivity index (χ3v) is 6.66. The molecule has 0 atom stereocenters. The minimum absolute atomic E-state index is 0.225. The first kappa shape index (κ1) is 19.7. The largest absolute Gasteiger partial charge is 0.463 e. The summed E-state index contributed by atoms with van der Waals surface area (Å²) in [5.74, 6) is 0.325. The molecule has 8 nitrogen and oxygen atoms in total. The first-order valence-corrected chi connectivity index (χ1v) is 10.6. The van der Waals surface area contributed by atoms with E-state index < -0.39 is 10.0 Å². The Balaban J connectivity index is 1.48. The lowest BCUT2D eigenvalue weighted by Gasteiger charge is -2.31. The minimum atomic E-state index is -3.51. The maximum atomic E-state index is 12.7. The number of nitrogens with one attached hydrogen (secondary N) is 2. The van der Waals surface area contributed by atoms with E-state index in [1.165, 1.54) is 16.8 Å². The van der Waals surface area contributed by atoms with E-state index in [1.54, 1.807) is 36.4 Å². The normalized spacial score (nSPS) is 16.6. The summed E-state index contributed by atoms with van der Waals surface area (Å²) in [5.41, 5.74) is 2.45. The number of carbonyl (C=O) groups is 1. The van der Waals surface area contributed by atoms with Gasteiger partial charge in [-0.25, -0.2) is 13.8 Å². The highest BCUT2D eigenvalue weighted by Gasteiger charge is 2.31. The van der Waals surface area contributed by atoms with Crippen LogP contribution in [0.15, 0.2) is 61.5 Å². The molecule has 144 valence electrons. The molecule has 2 N–H and O–H groups in total. The SMILES string of the molecule is O=C(C[NH+]1CCN(S(=O)(=O)c2ccc(Br)cc2)CC1)N/N=C\c1ccco1. The molecular weight excluding hydrogens is 436 g/mol. The van der Waals surface area contributed by atoms with Crippen LogP contribution in [-0.2, 0) is 14.8 Å². The van der Waals surface area contributed by atoms with Gasteiger partial charge in [-0.15, -0.1) is 0 Å². The van der Waals surface area contributed by atoms with Gasteiger partial charge in [0.2, 0.25) is 10.0 Å². The van der Waals surface area contributed by atoms with Gasteiger partial charge in [0.05, 0.1) is 43.6 Å². The molecule has 0 unspecified atom stereocenters. The predicted molar refractivity (Wildman–Crippen MR) is 103 cm³/mol. The van der Waals surface area contributed by atoms with Gasteiger partial charge < -0.3 is 9.32 Å². The summed E-state index contributed by atoms with van der Waals surface area (Å²) in [7, 11) is -3.51. The van der Waals surface area contributed by atoms with Gasteiger partial charge in [0.15, 0.2) is 6.54 Å². The number of hydrogen-bond acceptors (Lipinski definition) is 5. The smallest absolute Gasteiger partial charge is 0.295 e. The van der Waals surface area contributed by atoms with Crippen molar-refractivity contribution in [2.24, 2.45) is 5.10 Å². The summed E-state index contributed by atoms with van der Waals surface area (Å²) in [6.07, 6.45) is 2.95. The van der Waals surface area contributed by atoms with Crippen molar-refractivity contribution in [3.8, 4) is 0 Å².